The van der Waals surface area contributed by atoms with Crippen LogP contribution in [0.2, 0.25) is 0 Å². The van der Waals surface area contributed by atoms with Gasteiger partial charge < -0.3 is 10.6 Å². The predicted molar refractivity (Wildman–Crippen MR) is 79.9 cm³/mol. The Labute approximate surface area is 119 Å². The molecule has 0 saturated carbocycles. The summed E-state index contributed by atoms with van der Waals surface area (Å²) in [5.74, 6) is 0.138. The van der Waals surface area contributed by atoms with Gasteiger partial charge in [0.15, 0.2) is 0 Å². The predicted octanol–water partition coefficient (Wildman–Crippen LogP) is 2.25. The minimum Gasteiger partial charge on any atom is -0.399 e. The molecular weight excluding hydrogens is 250 g/mol. The number of aryl methyl sites for hydroxylation is 1. The first-order valence-corrected chi connectivity index (χ1v) is 6.62. The number of nitrogen functional groups attached to an aromatic ring is 1. The second-order valence-corrected chi connectivity index (χ2v) is 4.85. The molecule has 2 N–H and O–H groups in total. The Morgan fingerprint density at radius 3 is 2.40 bits per heavy atom. The first-order valence-electron chi connectivity index (χ1n) is 6.62. The van der Waals surface area contributed by atoms with Gasteiger partial charge in [0.2, 0.25) is 5.91 Å². The van der Waals surface area contributed by atoms with E-state index in [4.69, 9.17) is 5.73 Å². The fourth-order valence-corrected chi connectivity index (χ4v) is 1.98. The first kappa shape index (κ1) is 14.1. The molecule has 0 spiro atoms. The normalized spacial score (nSPS) is 10.2. The molecule has 0 saturated heterocycles. The van der Waals surface area contributed by atoms with Crippen LogP contribution in [-0.2, 0) is 17.8 Å². The third-order valence-electron chi connectivity index (χ3n) is 3.20. The Morgan fingerprint density at radius 2 is 1.75 bits per heavy atom. The fraction of sp³-hybridized carbons (Fsp3) is 0.250. The highest BCUT2D eigenvalue weighted by molar-refractivity contribution is 5.76. The topological polar surface area (TPSA) is 59.2 Å². The van der Waals surface area contributed by atoms with Crippen molar-refractivity contribution < 1.29 is 4.79 Å². The Bertz CT molecular complexity index is 552. The number of nitrogens with zero attached hydrogens (tertiary/aromatic N) is 2. The Morgan fingerprint density at radius 1 is 1.10 bits per heavy atom. The van der Waals surface area contributed by atoms with E-state index >= 15 is 0 Å². The average molecular weight is 269 g/mol. The van der Waals surface area contributed by atoms with Crippen molar-refractivity contribution in [1.29, 1.82) is 0 Å². The summed E-state index contributed by atoms with van der Waals surface area (Å²) in [5, 5.41) is 0. The molecule has 0 aliphatic carbocycles. The van der Waals surface area contributed by atoms with Crippen LogP contribution in [0.25, 0.3) is 0 Å². The summed E-state index contributed by atoms with van der Waals surface area (Å²) in [4.78, 5) is 17.8. The van der Waals surface area contributed by atoms with Crippen LogP contribution in [0, 0.1) is 0 Å². The molecule has 1 amide bonds. The van der Waals surface area contributed by atoms with Gasteiger partial charge in [-0.05, 0) is 41.8 Å². The number of carbonyl (C=O) groups is 1. The molecule has 2 aromatic rings. The van der Waals surface area contributed by atoms with E-state index in [-0.39, 0.29) is 5.91 Å². The van der Waals surface area contributed by atoms with Crippen molar-refractivity contribution in [2.75, 3.05) is 12.8 Å². The summed E-state index contributed by atoms with van der Waals surface area (Å²) in [6, 6.07) is 11.5. The van der Waals surface area contributed by atoms with E-state index in [0.717, 1.165) is 23.2 Å². The van der Waals surface area contributed by atoms with Crippen LogP contribution < -0.4 is 5.73 Å². The highest BCUT2D eigenvalue weighted by Crippen LogP contribution is 2.09. The van der Waals surface area contributed by atoms with E-state index in [9.17, 15) is 4.79 Å². The van der Waals surface area contributed by atoms with Crippen molar-refractivity contribution in [2.24, 2.45) is 0 Å². The second kappa shape index (κ2) is 6.70. The van der Waals surface area contributed by atoms with Gasteiger partial charge in [0.25, 0.3) is 0 Å². The lowest BCUT2D eigenvalue weighted by Gasteiger charge is -2.17. The second-order valence-electron chi connectivity index (χ2n) is 4.85. The first-order chi connectivity index (χ1) is 9.65. The minimum absolute atomic E-state index is 0.138. The largest absolute Gasteiger partial charge is 0.399 e. The van der Waals surface area contributed by atoms with Gasteiger partial charge in [-0.2, -0.15) is 0 Å². The number of benzene rings is 1. The number of aromatic nitrogens is 1. The molecule has 1 heterocycles. The van der Waals surface area contributed by atoms with Crippen LogP contribution in [0.5, 0.6) is 0 Å². The fourth-order valence-electron chi connectivity index (χ4n) is 1.98. The molecule has 104 valence electrons. The molecule has 4 heteroatoms. The highest BCUT2D eigenvalue weighted by Gasteiger charge is 2.09. The Balaban J connectivity index is 1.83. The van der Waals surface area contributed by atoms with Crippen LogP contribution in [0.15, 0.2) is 48.8 Å². The number of hydrogen-bond donors (Lipinski definition) is 1. The monoisotopic (exact) mass is 269 g/mol. The number of hydrogen-bond acceptors (Lipinski definition) is 3. The maximum absolute atomic E-state index is 12.1. The van der Waals surface area contributed by atoms with Crippen molar-refractivity contribution in [3.05, 3.63) is 59.9 Å². The molecule has 20 heavy (non-hydrogen) atoms. The zero-order valence-electron chi connectivity index (χ0n) is 11.6. The van der Waals surface area contributed by atoms with E-state index in [0.29, 0.717) is 13.0 Å². The third kappa shape index (κ3) is 4.09. The smallest absolute Gasteiger partial charge is 0.222 e. The van der Waals surface area contributed by atoms with E-state index in [2.05, 4.69) is 4.98 Å². The quantitative estimate of drug-likeness (QED) is 0.847. The van der Waals surface area contributed by atoms with Gasteiger partial charge in [-0.25, -0.2) is 0 Å². The van der Waals surface area contributed by atoms with Gasteiger partial charge in [-0.15, -0.1) is 0 Å². The summed E-state index contributed by atoms with van der Waals surface area (Å²) in [7, 11) is 1.83. The number of amides is 1. The van der Waals surface area contributed by atoms with Gasteiger partial charge in [0, 0.05) is 38.1 Å². The van der Waals surface area contributed by atoms with E-state index in [1.165, 1.54) is 0 Å². The van der Waals surface area contributed by atoms with Crippen LogP contribution >= 0.6 is 0 Å². The standard InChI is InChI=1S/C16H19N3O/c1-19(12-14-8-10-18-11-9-14)16(20)7-4-13-2-5-15(17)6-3-13/h2-3,5-6,8-11H,4,7,12,17H2,1H3. The number of nitrogens with two attached hydrogens (primary N) is 1. The van der Waals surface area contributed by atoms with Crippen molar-refractivity contribution in [3.63, 3.8) is 0 Å². The molecule has 0 radical (unpaired) electrons. The zero-order chi connectivity index (χ0) is 14.4. The third-order valence-corrected chi connectivity index (χ3v) is 3.20. The lowest BCUT2D eigenvalue weighted by molar-refractivity contribution is -0.130. The molecule has 1 aromatic heterocycles. The Hall–Kier alpha value is -2.36. The minimum atomic E-state index is 0.138. The van der Waals surface area contributed by atoms with Crippen molar-refractivity contribution >= 4 is 11.6 Å². The van der Waals surface area contributed by atoms with Crippen LogP contribution in [-0.4, -0.2) is 22.8 Å². The lowest BCUT2D eigenvalue weighted by atomic mass is 10.1. The number of pyridine rings is 1. The molecular formula is C16H19N3O. The average Bonchev–Trinajstić information content (AvgIpc) is 2.47. The molecule has 0 aliphatic heterocycles. The molecule has 1 aromatic carbocycles. The van der Waals surface area contributed by atoms with Crippen molar-refractivity contribution in [3.8, 4) is 0 Å². The molecule has 0 bridgehead atoms. The lowest BCUT2D eigenvalue weighted by Crippen LogP contribution is -2.26. The van der Waals surface area contributed by atoms with Crippen LogP contribution in [0.3, 0.4) is 0 Å². The highest BCUT2D eigenvalue weighted by atomic mass is 16.2. The van der Waals surface area contributed by atoms with Gasteiger partial charge >= 0.3 is 0 Å². The van der Waals surface area contributed by atoms with Gasteiger partial charge in [-0.1, -0.05) is 12.1 Å². The summed E-state index contributed by atoms with van der Waals surface area (Å²) in [5.41, 5.74) is 8.60. The summed E-state index contributed by atoms with van der Waals surface area (Å²) in [6.45, 7) is 0.614. The number of anilines is 1. The van der Waals surface area contributed by atoms with E-state index < -0.39 is 0 Å². The van der Waals surface area contributed by atoms with E-state index in [1.54, 1.807) is 17.3 Å². The zero-order valence-corrected chi connectivity index (χ0v) is 11.6. The Kier molecular flexibility index (Phi) is 4.71. The van der Waals surface area contributed by atoms with Crippen molar-refractivity contribution in [2.45, 2.75) is 19.4 Å². The summed E-state index contributed by atoms with van der Waals surface area (Å²) < 4.78 is 0. The maximum Gasteiger partial charge on any atom is 0.222 e. The van der Waals surface area contributed by atoms with Crippen LogP contribution in [0.4, 0.5) is 5.69 Å². The van der Waals surface area contributed by atoms with E-state index in [1.807, 2.05) is 43.4 Å². The molecule has 0 atom stereocenters. The summed E-state index contributed by atoms with van der Waals surface area (Å²) in [6.07, 6.45) is 4.72. The molecule has 0 fully saturated rings. The molecule has 2 rings (SSSR count). The maximum atomic E-state index is 12.1. The molecule has 4 nitrogen and oxygen atoms in total. The number of carbonyl (C=O) groups excluding carboxylic acids is 1. The molecule has 0 aliphatic rings. The van der Waals surface area contributed by atoms with Crippen molar-refractivity contribution in [1.82, 2.24) is 9.88 Å². The SMILES string of the molecule is CN(Cc1ccncc1)C(=O)CCc1ccc(N)cc1. The van der Waals surface area contributed by atoms with Crippen LogP contribution in [0.1, 0.15) is 17.5 Å². The van der Waals surface area contributed by atoms with Gasteiger partial charge in [0.05, 0.1) is 0 Å². The number of rotatable bonds is 5. The van der Waals surface area contributed by atoms with Gasteiger partial charge in [0.1, 0.15) is 0 Å². The molecule has 0 unspecified atom stereocenters. The van der Waals surface area contributed by atoms with Gasteiger partial charge in [-0.3, -0.25) is 9.78 Å². The summed E-state index contributed by atoms with van der Waals surface area (Å²) >= 11 is 0.